The fourth-order valence-corrected chi connectivity index (χ4v) is 0.978. The van der Waals surface area contributed by atoms with Crippen LogP contribution in [0.5, 0.6) is 5.88 Å². The first-order chi connectivity index (χ1) is 7.21. The van der Waals surface area contributed by atoms with Crippen molar-refractivity contribution in [2.45, 2.75) is 13.5 Å². The smallest absolute Gasteiger partial charge is 0.357 e. The van der Waals surface area contributed by atoms with Crippen molar-refractivity contribution < 1.29 is 14.3 Å². The standard InChI is InChI=1S/C9H13N3O3/c1-3-15-9(13)6-4-8(14-2)12-7(5-10)11-6/h4H,3,5,10H2,1-2H3. The predicted molar refractivity (Wildman–Crippen MR) is 52.4 cm³/mol. The molecule has 0 aliphatic heterocycles. The van der Waals surface area contributed by atoms with Gasteiger partial charge in [0.2, 0.25) is 5.88 Å². The van der Waals surface area contributed by atoms with Crippen molar-refractivity contribution >= 4 is 5.97 Å². The van der Waals surface area contributed by atoms with E-state index in [1.807, 2.05) is 0 Å². The van der Waals surface area contributed by atoms with Crippen molar-refractivity contribution in [2.24, 2.45) is 5.73 Å². The Labute approximate surface area is 87.4 Å². The monoisotopic (exact) mass is 211 g/mol. The summed E-state index contributed by atoms with van der Waals surface area (Å²) in [5.74, 6) is 0.138. The lowest BCUT2D eigenvalue weighted by atomic mass is 10.4. The van der Waals surface area contributed by atoms with Gasteiger partial charge in [0.25, 0.3) is 0 Å². The van der Waals surface area contributed by atoms with E-state index in [0.717, 1.165) is 0 Å². The van der Waals surface area contributed by atoms with Crippen LogP contribution in [0.15, 0.2) is 6.07 Å². The minimum absolute atomic E-state index is 0.142. The molecular formula is C9H13N3O3. The number of nitrogens with zero attached hydrogens (tertiary/aromatic N) is 2. The van der Waals surface area contributed by atoms with E-state index >= 15 is 0 Å². The Morgan fingerprint density at radius 1 is 1.53 bits per heavy atom. The lowest BCUT2D eigenvalue weighted by molar-refractivity contribution is 0.0518. The maximum Gasteiger partial charge on any atom is 0.357 e. The zero-order valence-corrected chi connectivity index (χ0v) is 8.69. The summed E-state index contributed by atoms with van der Waals surface area (Å²) in [7, 11) is 1.46. The maximum absolute atomic E-state index is 11.4. The molecule has 82 valence electrons. The fourth-order valence-electron chi connectivity index (χ4n) is 0.978. The minimum Gasteiger partial charge on any atom is -0.481 e. The van der Waals surface area contributed by atoms with Gasteiger partial charge in [-0.25, -0.2) is 9.78 Å². The molecule has 0 aliphatic carbocycles. The summed E-state index contributed by atoms with van der Waals surface area (Å²) in [5.41, 5.74) is 5.54. The highest BCUT2D eigenvalue weighted by atomic mass is 16.5. The number of hydrogen-bond acceptors (Lipinski definition) is 6. The van der Waals surface area contributed by atoms with Crippen LogP contribution in [0.25, 0.3) is 0 Å². The molecule has 0 spiro atoms. The quantitative estimate of drug-likeness (QED) is 0.712. The molecule has 0 radical (unpaired) electrons. The topological polar surface area (TPSA) is 87.3 Å². The van der Waals surface area contributed by atoms with Gasteiger partial charge in [0.15, 0.2) is 5.69 Å². The predicted octanol–water partition coefficient (Wildman–Crippen LogP) is 0.121. The van der Waals surface area contributed by atoms with Gasteiger partial charge >= 0.3 is 5.97 Å². The van der Waals surface area contributed by atoms with Gasteiger partial charge in [-0.3, -0.25) is 0 Å². The molecule has 0 unspecified atom stereocenters. The zero-order chi connectivity index (χ0) is 11.3. The van der Waals surface area contributed by atoms with Crippen LogP contribution in [0.3, 0.4) is 0 Å². The van der Waals surface area contributed by atoms with Crippen molar-refractivity contribution in [2.75, 3.05) is 13.7 Å². The fraction of sp³-hybridized carbons (Fsp3) is 0.444. The number of ether oxygens (including phenoxy) is 2. The normalized spacial score (nSPS) is 9.80. The molecule has 1 aromatic heterocycles. The molecule has 1 aromatic rings. The van der Waals surface area contributed by atoms with E-state index in [0.29, 0.717) is 18.3 Å². The second kappa shape index (κ2) is 5.26. The summed E-state index contributed by atoms with van der Waals surface area (Å²) in [4.78, 5) is 19.2. The Morgan fingerprint density at radius 3 is 2.80 bits per heavy atom. The second-order valence-corrected chi connectivity index (χ2v) is 2.64. The van der Waals surface area contributed by atoms with Crippen molar-refractivity contribution in [3.63, 3.8) is 0 Å². The highest BCUT2D eigenvalue weighted by Crippen LogP contribution is 2.09. The number of hydrogen-bond donors (Lipinski definition) is 1. The summed E-state index contributed by atoms with van der Waals surface area (Å²) < 4.78 is 9.71. The van der Waals surface area contributed by atoms with Gasteiger partial charge in [-0.1, -0.05) is 0 Å². The Bertz CT molecular complexity index is 332. The van der Waals surface area contributed by atoms with Crippen LogP contribution in [-0.4, -0.2) is 29.7 Å². The number of carbonyl (C=O) groups is 1. The summed E-state index contributed by atoms with van der Waals surface area (Å²) in [5, 5.41) is 0. The van der Waals surface area contributed by atoms with Gasteiger partial charge in [-0.05, 0) is 6.92 Å². The number of rotatable bonds is 4. The highest BCUT2D eigenvalue weighted by molar-refractivity contribution is 5.87. The van der Waals surface area contributed by atoms with E-state index < -0.39 is 5.97 Å². The Morgan fingerprint density at radius 2 is 2.27 bits per heavy atom. The minimum atomic E-state index is -0.507. The summed E-state index contributed by atoms with van der Waals surface area (Å²) in [6.07, 6.45) is 0. The van der Waals surface area contributed by atoms with Crippen molar-refractivity contribution in [3.05, 3.63) is 17.6 Å². The molecule has 0 bridgehead atoms. The van der Waals surface area contributed by atoms with E-state index in [-0.39, 0.29) is 12.2 Å². The van der Waals surface area contributed by atoms with E-state index in [4.69, 9.17) is 15.2 Å². The molecule has 0 aliphatic rings. The summed E-state index contributed by atoms with van der Waals surface area (Å²) >= 11 is 0. The van der Waals surface area contributed by atoms with Crippen molar-refractivity contribution in [3.8, 4) is 5.88 Å². The summed E-state index contributed by atoms with van der Waals surface area (Å²) in [6.45, 7) is 2.16. The number of carbonyl (C=O) groups excluding carboxylic acids is 1. The average Bonchev–Trinajstić information content (AvgIpc) is 2.28. The van der Waals surface area contributed by atoms with Gasteiger partial charge in [0, 0.05) is 6.07 Å². The molecular weight excluding hydrogens is 198 g/mol. The Hall–Kier alpha value is -1.69. The van der Waals surface area contributed by atoms with Gasteiger partial charge in [-0.15, -0.1) is 0 Å². The van der Waals surface area contributed by atoms with Gasteiger partial charge < -0.3 is 15.2 Å². The molecule has 1 heterocycles. The van der Waals surface area contributed by atoms with E-state index in [2.05, 4.69) is 9.97 Å². The summed E-state index contributed by atoms with van der Waals surface area (Å²) in [6, 6.07) is 1.41. The third kappa shape index (κ3) is 2.88. The van der Waals surface area contributed by atoms with Crippen LogP contribution in [0, 0.1) is 0 Å². The molecule has 0 saturated carbocycles. The molecule has 0 atom stereocenters. The van der Waals surface area contributed by atoms with Crippen LogP contribution >= 0.6 is 0 Å². The third-order valence-electron chi connectivity index (χ3n) is 1.63. The van der Waals surface area contributed by atoms with Crippen molar-refractivity contribution in [1.82, 2.24) is 9.97 Å². The first kappa shape index (κ1) is 11.4. The number of esters is 1. The molecule has 2 N–H and O–H groups in total. The van der Waals surface area contributed by atoms with Gasteiger partial charge in [-0.2, -0.15) is 4.98 Å². The van der Waals surface area contributed by atoms with Gasteiger partial charge in [0.1, 0.15) is 5.82 Å². The van der Waals surface area contributed by atoms with Crippen LogP contribution in [0.4, 0.5) is 0 Å². The van der Waals surface area contributed by atoms with E-state index in [9.17, 15) is 4.79 Å². The van der Waals surface area contributed by atoms with Crippen molar-refractivity contribution in [1.29, 1.82) is 0 Å². The first-order valence-electron chi connectivity index (χ1n) is 4.50. The lowest BCUT2D eigenvalue weighted by Gasteiger charge is -2.05. The van der Waals surface area contributed by atoms with Crippen LogP contribution in [-0.2, 0) is 11.3 Å². The lowest BCUT2D eigenvalue weighted by Crippen LogP contribution is -2.12. The highest BCUT2D eigenvalue weighted by Gasteiger charge is 2.12. The van der Waals surface area contributed by atoms with E-state index in [1.54, 1.807) is 6.92 Å². The number of nitrogens with two attached hydrogens (primary N) is 1. The number of aromatic nitrogens is 2. The maximum atomic E-state index is 11.4. The molecule has 6 nitrogen and oxygen atoms in total. The average molecular weight is 211 g/mol. The molecule has 0 fully saturated rings. The third-order valence-corrected chi connectivity index (χ3v) is 1.63. The van der Waals surface area contributed by atoms with Crippen LogP contribution in [0.1, 0.15) is 23.2 Å². The largest absolute Gasteiger partial charge is 0.481 e. The molecule has 0 amide bonds. The SMILES string of the molecule is CCOC(=O)c1cc(OC)nc(CN)n1. The first-order valence-corrected chi connectivity index (χ1v) is 4.50. The number of methoxy groups -OCH3 is 1. The van der Waals surface area contributed by atoms with Crippen LogP contribution in [0.2, 0.25) is 0 Å². The van der Waals surface area contributed by atoms with Gasteiger partial charge in [0.05, 0.1) is 20.3 Å². The molecule has 0 saturated heterocycles. The molecule has 15 heavy (non-hydrogen) atoms. The van der Waals surface area contributed by atoms with E-state index in [1.165, 1.54) is 13.2 Å². The Kier molecular flexibility index (Phi) is 3.99. The Balaban J connectivity index is 3.01. The molecule has 0 aromatic carbocycles. The molecule has 6 heteroatoms. The molecule has 1 rings (SSSR count). The second-order valence-electron chi connectivity index (χ2n) is 2.64. The zero-order valence-electron chi connectivity index (χ0n) is 8.69. The van der Waals surface area contributed by atoms with Crippen LogP contribution < -0.4 is 10.5 Å².